The molecule has 1 aromatic heterocycles. The van der Waals surface area contributed by atoms with Crippen LogP contribution in [-0.4, -0.2) is 33.4 Å². The summed E-state index contributed by atoms with van der Waals surface area (Å²) in [5.41, 5.74) is 1.66. The minimum absolute atomic E-state index is 0.0687. The van der Waals surface area contributed by atoms with Gasteiger partial charge in [-0.25, -0.2) is 0 Å². The predicted molar refractivity (Wildman–Crippen MR) is 107 cm³/mol. The monoisotopic (exact) mass is 431 g/mol. The third kappa shape index (κ3) is 4.16. The van der Waals surface area contributed by atoms with Crippen LogP contribution < -0.4 is 4.74 Å². The van der Waals surface area contributed by atoms with E-state index in [1.54, 1.807) is 7.11 Å². The number of aromatic nitrogens is 3. The van der Waals surface area contributed by atoms with Crippen molar-refractivity contribution >= 4 is 33.5 Å². The first kappa shape index (κ1) is 18.7. The van der Waals surface area contributed by atoms with Gasteiger partial charge in [-0.15, -0.1) is 10.2 Å². The van der Waals surface area contributed by atoms with Crippen LogP contribution in [0.2, 0.25) is 0 Å². The zero-order valence-corrected chi connectivity index (χ0v) is 16.9. The molecule has 0 radical (unpaired) electrons. The zero-order valence-electron chi connectivity index (χ0n) is 14.5. The highest BCUT2D eigenvalue weighted by atomic mass is 79.9. The van der Waals surface area contributed by atoms with Gasteiger partial charge in [-0.3, -0.25) is 4.79 Å². The summed E-state index contributed by atoms with van der Waals surface area (Å²) in [6.07, 6.45) is 0. The molecule has 0 N–H and O–H groups in total. The molecule has 134 valence electrons. The number of benzene rings is 2. The number of carbonyl (C=O) groups excluding carboxylic acids is 1. The fourth-order valence-corrected chi connectivity index (χ4v) is 3.64. The van der Waals surface area contributed by atoms with Crippen LogP contribution in [0.1, 0.15) is 17.3 Å². The highest BCUT2D eigenvalue weighted by Crippen LogP contribution is 2.26. The first-order chi connectivity index (χ1) is 12.6. The summed E-state index contributed by atoms with van der Waals surface area (Å²) < 4.78 is 8.16. The van der Waals surface area contributed by atoms with E-state index in [2.05, 4.69) is 26.1 Å². The minimum Gasteiger partial charge on any atom is -0.497 e. The molecule has 3 rings (SSSR count). The second kappa shape index (κ2) is 8.51. The smallest absolute Gasteiger partial charge is 0.191 e. The summed E-state index contributed by atoms with van der Waals surface area (Å²) >= 11 is 4.78. The molecule has 0 amide bonds. The van der Waals surface area contributed by atoms with Gasteiger partial charge in [0.1, 0.15) is 5.75 Å². The van der Waals surface area contributed by atoms with E-state index in [1.807, 2.05) is 60.0 Å². The molecule has 0 saturated heterocycles. The largest absolute Gasteiger partial charge is 0.497 e. The van der Waals surface area contributed by atoms with E-state index in [-0.39, 0.29) is 5.78 Å². The molecule has 0 aliphatic carbocycles. The van der Waals surface area contributed by atoms with Crippen molar-refractivity contribution in [1.82, 2.24) is 14.8 Å². The first-order valence-corrected chi connectivity index (χ1v) is 9.89. The molecular formula is C19H18BrN3O2S. The van der Waals surface area contributed by atoms with E-state index in [9.17, 15) is 4.79 Å². The summed E-state index contributed by atoms with van der Waals surface area (Å²) in [7, 11) is 1.64. The highest BCUT2D eigenvalue weighted by Gasteiger charge is 2.15. The maximum absolute atomic E-state index is 12.4. The van der Waals surface area contributed by atoms with Crippen molar-refractivity contribution in [3.63, 3.8) is 0 Å². The number of halogens is 1. The maximum atomic E-state index is 12.4. The van der Waals surface area contributed by atoms with E-state index < -0.39 is 0 Å². The van der Waals surface area contributed by atoms with Gasteiger partial charge in [0.25, 0.3) is 0 Å². The molecule has 0 spiro atoms. The standard InChI is InChI=1S/C19H18BrN3O2S/c1-3-23-18(14-6-10-16(25-2)11-7-14)21-22-19(23)26-12-17(24)13-4-8-15(20)9-5-13/h4-11H,3,12H2,1-2H3. The van der Waals surface area contributed by atoms with Crippen LogP contribution >= 0.6 is 27.7 Å². The number of hydrogen-bond acceptors (Lipinski definition) is 5. The summed E-state index contributed by atoms with van der Waals surface area (Å²) in [6.45, 7) is 2.76. The number of rotatable bonds is 7. The number of ether oxygens (including phenoxy) is 1. The molecule has 5 nitrogen and oxygen atoms in total. The number of ketones is 1. The Kier molecular flexibility index (Phi) is 6.11. The molecule has 1 heterocycles. The average Bonchev–Trinajstić information content (AvgIpc) is 3.09. The SMILES string of the molecule is CCn1c(SCC(=O)c2ccc(Br)cc2)nnc1-c1ccc(OC)cc1. The molecule has 3 aromatic rings. The zero-order chi connectivity index (χ0) is 18.5. The molecule has 0 bridgehead atoms. The Morgan fingerprint density at radius 1 is 1.12 bits per heavy atom. The Balaban J connectivity index is 1.75. The van der Waals surface area contributed by atoms with E-state index in [0.717, 1.165) is 33.3 Å². The second-order valence-electron chi connectivity index (χ2n) is 5.50. The first-order valence-electron chi connectivity index (χ1n) is 8.11. The quantitative estimate of drug-likeness (QED) is 0.400. The van der Waals surface area contributed by atoms with Gasteiger partial charge in [0, 0.05) is 22.1 Å². The summed E-state index contributed by atoms with van der Waals surface area (Å²) in [6, 6.07) is 15.1. The third-order valence-electron chi connectivity index (χ3n) is 3.88. The van der Waals surface area contributed by atoms with Crippen LogP contribution in [0.3, 0.4) is 0 Å². The van der Waals surface area contributed by atoms with E-state index >= 15 is 0 Å². The van der Waals surface area contributed by atoms with Gasteiger partial charge in [-0.2, -0.15) is 0 Å². The lowest BCUT2D eigenvalue weighted by atomic mass is 10.2. The fraction of sp³-hybridized carbons (Fsp3) is 0.211. The Morgan fingerprint density at radius 3 is 2.42 bits per heavy atom. The number of nitrogens with zero attached hydrogens (tertiary/aromatic N) is 3. The third-order valence-corrected chi connectivity index (χ3v) is 5.38. The van der Waals surface area contributed by atoms with Gasteiger partial charge in [0.05, 0.1) is 12.9 Å². The predicted octanol–water partition coefficient (Wildman–Crippen LogP) is 4.71. The second-order valence-corrected chi connectivity index (χ2v) is 7.36. The van der Waals surface area contributed by atoms with Crippen molar-refractivity contribution in [3.05, 3.63) is 58.6 Å². The maximum Gasteiger partial charge on any atom is 0.191 e. The number of thioether (sulfide) groups is 1. The Morgan fingerprint density at radius 2 is 1.81 bits per heavy atom. The highest BCUT2D eigenvalue weighted by molar-refractivity contribution is 9.10. The van der Waals surface area contributed by atoms with Crippen LogP contribution in [0.5, 0.6) is 5.75 Å². The number of methoxy groups -OCH3 is 1. The Hall–Kier alpha value is -2.12. The van der Waals surface area contributed by atoms with Crippen LogP contribution in [0, 0.1) is 0 Å². The van der Waals surface area contributed by atoms with Crippen LogP contribution in [-0.2, 0) is 6.54 Å². The van der Waals surface area contributed by atoms with Gasteiger partial charge in [-0.05, 0) is 43.3 Å². The van der Waals surface area contributed by atoms with Crippen LogP contribution in [0.25, 0.3) is 11.4 Å². The topological polar surface area (TPSA) is 57.0 Å². The van der Waals surface area contributed by atoms with E-state index in [0.29, 0.717) is 11.3 Å². The van der Waals surface area contributed by atoms with Crippen molar-refractivity contribution in [2.75, 3.05) is 12.9 Å². The molecule has 0 fully saturated rings. The lowest BCUT2D eigenvalue weighted by Crippen LogP contribution is -2.05. The molecule has 0 aliphatic heterocycles. The van der Waals surface area contributed by atoms with Crippen molar-refractivity contribution in [1.29, 1.82) is 0 Å². The van der Waals surface area contributed by atoms with Gasteiger partial charge in [0.2, 0.25) is 0 Å². The molecule has 2 aromatic carbocycles. The van der Waals surface area contributed by atoms with Crippen molar-refractivity contribution < 1.29 is 9.53 Å². The van der Waals surface area contributed by atoms with Gasteiger partial charge in [0.15, 0.2) is 16.8 Å². The number of Topliss-reactive ketones (excluding diaryl/α,β-unsaturated/α-hetero) is 1. The van der Waals surface area contributed by atoms with Crippen molar-refractivity contribution in [2.45, 2.75) is 18.6 Å². The Labute approximate surface area is 164 Å². The molecular weight excluding hydrogens is 414 g/mol. The van der Waals surface area contributed by atoms with Crippen LogP contribution in [0.4, 0.5) is 0 Å². The normalized spacial score (nSPS) is 10.7. The average molecular weight is 432 g/mol. The molecule has 26 heavy (non-hydrogen) atoms. The molecule has 7 heteroatoms. The fourth-order valence-electron chi connectivity index (χ4n) is 2.48. The Bertz CT molecular complexity index is 892. The molecule has 0 saturated carbocycles. The minimum atomic E-state index is 0.0687. The summed E-state index contributed by atoms with van der Waals surface area (Å²) in [5, 5.41) is 9.32. The molecule has 0 aliphatic rings. The lowest BCUT2D eigenvalue weighted by Gasteiger charge is -2.08. The van der Waals surface area contributed by atoms with E-state index in [1.165, 1.54) is 11.8 Å². The summed E-state index contributed by atoms with van der Waals surface area (Å²) in [5.74, 6) is 1.97. The van der Waals surface area contributed by atoms with E-state index in [4.69, 9.17) is 4.74 Å². The summed E-state index contributed by atoms with van der Waals surface area (Å²) in [4.78, 5) is 12.4. The van der Waals surface area contributed by atoms with Crippen molar-refractivity contribution in [2.24, 2.45) is 0 Å². The van der Waals surface area contributed by atoms with Crippen LogP contribution in [0.15, 0.2) is 58.2 Å². The lowest BCUT2D eigenvalue weighted by molar-refractivity contribution is 0.102. The number of carbonyl (C=O) groups is 1. The van der Waals surface area contributed by atoms with Crippen molar-refractivity contribution in [3.8, 4) is 17.1 Å². The van der Waals surface area contributed by atoms with Gasteiger partial charge < -0.3 is 9.30 Å². The van der Waals surface area contributed by atoms with Gasteiger partial charge in [-0.1, -0.05) is 39.8 Å². The van der Waals surface area contributed by atoms with Gasteiger partial charge >= 0.3 is 0 Å². The molecule has 0 unspecified atom stereocenters. The number of hydrogen-bond donors (Lipinski definition) is 0. The molecule has 0 atom stereocenters.